The first-order chi connectivity index (χ1) is 15.3. The van der Waals surface area contributed by atoms with E-state index in [0.717, 1.165) is 36.2 Å². The molecule has 1 aromatic carbocycles. The van der Waals surface area contributed by atoms with Gasteiger partial charge in [-0.05, 0) is 50.7 Å². The molecular formula is C23H21AcF2N2O4S-. The molecule has 1 unspecified atom stereocenters. The van der Waals surface area contributed by atoms with Gasteiger partial charge in [-0.1, -0.05) is 5.69 Å². The maximum Gasteiger partial charge on any atom is 0.343 e. The standard InChI is InChI=1S/C23H22F2N2O4S.Ac/c1-2-31-23(30)12-9-27(11-6-7-11)20-16(21(12)29)19(26)17(24)15(18(20)25)14-8-10-4-3-5-13(28)22(10)32-14;/h8-9,11,13,28H,2-7H2,1H3,(H2,26,29);/p-1. The molecule has 1 saturated carbocycles. The molecule has 1 radical (unpaired) electrons. The van der Waals surface area contributed by atoms with E-state index in [1.165, 1.54) is 10.8 Å². The fraction of sp³-hybridized carbons (Fsp3) is 0.391. The van der Waals surface area contributed by atoms with Crippen molar-refractivity contribution in [2.24, 2.45) is 0 Å². The second kappa shape index (κ2) is 9.37. The van der Waals surface area contributed by atoms with Crippen LogP contribution in [-0.2, 0) is 11.2 Å². The van der Waals surface area contributed by atoms with Gasteiger partial charge in [0.2, 0.25) is 5.43 Å². The van der Waals surface area contributed by atoms with Gasteiger partial charge in [0.1, 0.15) is 11.4 Å². The Kier molecular flexibility index (Phi) is 7.03. The van der Waals surface area contributed by atoms with E-state index in [2.05, 4.69) is 0 Å². The zero-order valence-electron chi connectivity index (χ0n) is 17.9. The molecule has 0 saturated heterocycles. The number of benzene rings is 1. The number of hydrogen-bond acceptors (Lipinski definition) is 5. The Morgan fingerprint density at radius 2 is 2.03 bits per heavy atom. The van der Waals surface area contributed by atoms with Crippen molar-refractivity contribution in [3.63, 3.8) is 0 Å². The first kappa shape index (κ1) is 24.8. The Morgan fingerprint density at radius 3 is 2.67 bits per heavy atom. The van der Waals surface area contributed by atoms with E-state index in [1.54, 1.807) is 13.0 Å². The number of nitrogens with one attached hydrogen (secondary N) is 1. The van der Waals surface area contributed by atoms with Crippen LogP contribution in [0.3, 0.4) is 0 Å². The fourth-order valence-corrected chi connectivity index (χ4v) is 5.68. The molecule has 1 atom stereocenters. The minimum absolute atomic E-state index is 0. The van der Waals surface area contributed by atoms with Crippen LogP contribution in [0.2, 0.25) is 0 Å². The van der Waals surface area contributed by atoms with Crippen LogP contribution in [0.25, 0.3) is 27.1 Å². The molecule has 171 valence electrons. The van der Waals surface area contributed by atoms with Gasteiger partial charge >= 0.3 is 5.97 Å². The maximum absolute atomic E-state index is 15.9. The van der Waals surface area contributed by atoms with E-state index in [1.807, 2.05) is 0 Å². The van der Waals surface area contributed by atoms with E-state index >= 15 is 8.78 Å². The summed E-state index contributed by atoms with van der Waals surface area (Å²) < 4.78 is 37.7. The zero-order chi connectivity index (χ0) is 22.7. The summed E-state index contributed by atoms with van der Waals surface area (Å²) in [5.74, 6) is -2.96. The molecule has 10 heteroatoms. The quantitative estimate of drug-likeness (QED) is 0.364. The third-order valence-electron chi connectivity index (χ3n) is 6.10. The number of aliphatic hydroxyl groups is 1. The summed E-state index contributed by atoms with van der Waals surface area (Å²) >= 11 is 1.12. The molecule has 0 bridgehead atoms. The Morgan fingerprint density at radius 1 is 1.30 bits per heavy atom. The number of esters is 1. The number of thiophene rings is 1. The smallest absolute Gasteiger partial charge is 0.343 e. The van der Waals surface area contributed by atoms with Crippen LogP contribution < -0.4 is 5.43 Å². The van der Waals surface area contributed by atoms with Crippen LogP contribution in [0.1, 0.15) is 65.6 Å². The van der Waals surface area contributed by atoms with Crippen LogP contribution in [0.4, 0.5) is 14.5 Å². The predicted octanol–water partition coefficient (Wildman–Crippen LogP) is 5.57. The number of carbonyl (C=O) groups excluding carboxylic acids is 1. The molecule has 0 spiro atoms. The molecule has 1 fully saturated rings. The van der Waals surface area contributed by atoms with Gasteiger partial charge in [-0.3, -0.25) is 4.79 Å². The maximum atomic E-state index is 15.9. The summed E-state index contributed by atoms with van der Waals surface area (Å²) in [7, 11) is 0. The summed E-state index contributed by atoms with van der Waals surface area (Å²) in [6, 6.07) is 1.53. The Balaban J connectivity index is 0.00000259. The number of halogens is 2. The number of ether oxygens (including phenoxy) is 1. The van der Waals surface area contributed by atoms with Gasteiger partial charge in [0.05, 0.1) is 23.8 Å². The molecule has 2 heterocycles. The molecule has 2 aliphatic rings. The van der Waals surface area contributed by atoms with Gasteiger partial charge in [0, 0.05) is 71.4 Å². The topological polar surface area (TPSA) is 92.3 Å². The van der Waals surface area contributed by atoms with Crippen LogP contribution >= 0.6 is 11.3 Å². The van der Waals surface area contributed by atoms with E-state index in [-0.39, 0.29) is 78.2 Å². The molecule has 0 aliphatic heterocycles. The molecular weight excluding hydrogens is 665 g/mol. The average Bonchev–Trinajstić information content (AvgIpc) is 3.51. The second-order valence-electron chi connectivity index (χ2n) is 8.24. The van der Waals surface area contributed by atoms with Gasteiger partial charge in [0.25, 0.3) is 0 Å². The first-order valence-electron chi connectivity index (χ1n) is 10.6. The van der Waals surface area contributed by atoms with Gasteiger partial charge in [0.15, 0.2) is 5.82 Å². The van der Waals surface area contributed by atoms with Crippen molar-refractivity contribution in [2.45, 2.75) is 51.2 Å². The molecule has 2 aromatic heterocycles. The monoisotopic (exact) mass is 686 g/mol. The van der Waals surface area contributed by atoms with Crippen molar-refractivity contribution in [1.29, 1.82) is 0 Å². The molecule has 2 aliphatic carbocycles. The summed E-state index contributed by atoms with van der Waals surface area (Å²) in [5, 5.41) is 9.82. The molecule has 3 aromatic rings. The van der Waals surface area contributed by atoms with E-state index in [4.69, 9.17) is 10.5 Å². The van der Waals surface area contributed by atoms with Gasteiger partial charge in [-0.2, -0.15) is 0 Å². The van der Waals surface area contributed by atoms with E-state index < -0.39 is 40.2 Å². The molecule has 0 amide bonds. The molecule has 2 N–H and O–H groups in total. The normalized spacial score (nSPS) is 17.5. The van der Waals surface area contributed by atoms with Crippen molar-refractivity contribution in [2.75, 3.05) is 6.61 Å². The third-order valence-corrected chi connectivity index (χ3v) is 7.40. The Hall–Kier alpha value is -1.34. The molecule has 33 heavy (non-hydrogen) atoms. The average molecular weight is 686 g/mol. The zero-order valence-corrected chi connectivity index (χ0v) is 23.5. The molecule has 5 rings (SSSR count). The minimum Gasteiger partial charge on any atom is -0.696 e. The van der Waals surface area contributed by atoms with Gasteiger partial charge < -0.3 is 20.1 Å². The van der Waals surface area contributed by atoms with Crippen LogP contribution in [0.5, 0.6) is 0 Å². The van der Waals surface area contributed by atoms with Crippen molar-refractivity contribution >= 4 is 33.9 Å². The number of nitrogens with zero attached hydrogens (tertiary/aromatic N) is 1. The summed E-state index contributed by atoms with van der Waals surface area (Å²) in [5.41, 5.74) is 6.69. The van der Waals surface area contributed by atoms with Crippen LogP contribution in [-0.4, -0.2) is 22.2 Å². The van der Waals surface area contributed by atoms with Gasteiger partial charge in [-0.15, -0.1) is 11.3 Å². The SMILES string of the molecule is CCOC(=O)c1cn(C2CC2)c2c(F)c(-c3cc4c(s3)C(O)CCC4)c(F)c([NH-])c2c1=O.[Ac]. The Labute approximate surface area is 228 Å². The largest absolute Gasteiger partial charge is 0.696 e. The van der Waals surface area contributed by atoms with Crippen molar-refractivity contribution in [1.82, 2.24) is 4.57 Å². The number of aromatic nitrogens is 1. The van der Waals surface area contributed by atoms with Crippen molar-refractivity contribution < 1.29 is 67.5 Å². The number of rotatable bonds is 4. The predicted molar refractivity (Wildman–Crippen MR) is 118 cm³/mol. The minimum atomic E-state index is -1.15. The van der Waals surface area contributed by atoms with E-state index in [0.29, 0.717) is 17.7 Å². The van der Waals surface area contributed by atoms with Crippen LogP contribution in [0.15, 0.2) is 17.1 Å². The van der Waals surface area contributed by atoms with E-state index in [9.17, 15) is 14.7 Å². The second-order valence-corrected chi connectivity index (χ2v) is 9.32. The molecule has 6 nitrogen and oxygen atoms in total. The fourth-order valence-electron chi connectivity index (χ4n) is 4.41. The third kappa shape index (κ3) is 4.07. The van der Waals surface area contributed by atoms with Gasteiger partial charge in [-0.25, -0.2) is 13.6 Å². The number of hydrogen-bond donors (Lipinski definition) is 1. The van der Waals surface area contributed by atoms with Crippen LogP contribution in [0, 0.1) is 55.7 Å². The number of fused-ring (bicyclic) bond motifs is 2. The Bertz CT molecular complexity index is 1330. The summed E-state index contributed by atoms with van der Waals surface area (Å²) in [6.07, 6.45) is 4.14. The number of carbonyl (C=O) groups is 1. The summed E-state index contributed by atoms with van der Waals surface area (Å²) in [6.45, 7) is 1.64. The van der Waals surface area contributed by atoms with Crippen molar-refractivity contribution in [3.05, 3.63) is 55.9 Å². The van der Waals surface area contributed by atoms with Crippen molar-refractivity contribution in [3.8, 4) is 10.4 Å². The first-order valence-corrected chi connectivity index (χ1v) is 11.4. The number of pyridine rings is 1. The number of aryl methyl sites for hydroxylation is 1. The number of aliphatic hydroxyl groups excluding tert-OH is 1. The summed E-state index contributed by atoms with van der Waals surface area (Å²) in [4.78, 5) is 26.3.